The Labute approximate surface area is 168 Å². The van der Waals surface area contributed by atoms with Crippen molar-refractivity contribution in [3.8, 4) is 11.5 Å². The molecule has 0 fully saturated rings. The van der Waals surface area contributed by atoms with Gasteiger partial charge in [0.2, 0.25) is 0 Å². The van der Waals surface area contributed by atoms with Gasteiger partial charge in [0.05, 0.1) is 31.7 Å². The van der Waals surface area contributed by atoms with Crippen LogP contribution in [0.3, 0.4) is 0 Å². The number of hydrogen-bond acceptors (Lipinski definition) is 5. The second-order valence-corrected chi connectivity index (χ2v) is 6.33. The van der Waals surface area contributed by atoms with E-state index in [1.54, 1.807) is 36.2 Å². The number of rotatable bonds is 7. The van der Waals surface area contributed by atoms with Crippen molar-refractivity contribution in [1.82, 2.24) is 4.90 Å². The highest BCUT2D eigenvalue weighted by Crippen LogP contribution is 2.34. The number of carbonyl (C=O) groups excluding carboxylic acids is 2. The monoisotopic (exact) mass is 394 g/mol. The summed E-state index contributed by atoms with van der Waals surface area (Å²) in [5, 5.41) is 2.72. The van der Waals surface area contributed by atoms with Crippen LogP contribution in [0.5, 0.6) is 11.5 Å². The van der Waals surface area contributed by atoms with Crippen molar-refractivity contribution in [2.24, 2.45) is 0 Å². The smallest absolute Gasteiger partial charge is 0.291 e. The molecule has 150 valence electrons. The van der Waals surface area contributed by atoms with Gasteiger partial charge >= 0.3 is 0 Å². The van der Waals surface area contributed by atoms with Gasteiger partial charge in [0, 0.05) is 19.7 Å². The van der Waals surface area contributed by atoms with E-state index in [9.17, 15) is 9.59 Å². The van der Waals surface area contributed by atoms with Crippen LogP contribution in [0.15, 0.2) is 65.3 Å². The highest BCUT2D eigenvalue weighted by Gasteiger charge is 2.22. The topological polar surface area (TPSA) is 81.0 Å². The number of anilines is 1. The quantitative estimate of drug-likeness (QED) is 0.659. The van der Waals surface area contributed by atoms with E-state index >= 15 is 0 Å². The van der Waals surface area contributed by atoms with Crippen molar-refractivity contribution < 1.29 is 23.5 Å². The Morgan fingerprint density at radius 1 is 1.00 bits per heavy atom. The Kier molecular flexibility index (Phi) is 6.19. The first-order valence-electron chi connectivity index (χ1n) is 8.93. The van der Waals surface area contributed by atoms with Gasteiger partial charge < -0.3 is 24.1 Å². The SMILES string of the molecule is COc1cc(NC(=O)c2ccco2)c(C(=O)N(C)Cc2ccccc2)cc1OC. The van der Waals surface area contributed by atoms with E-state index in [-0.39, 0.29) is 17.2 Å². The van der Waals surface area contributed by atoms with Crippen LogP contribution in [-0.2, 0) is 6.54 Å². The largest absolute Gasteiger partial charge is 0.493 e. The molecule has 0 saturated carbocycles. The zero-order valence-corrected chi connectivity index (χ0v) is 16.5. The molecule has 7 nitrogen and oxygen atoms in total. The maximum atomic E-state index is 13.2. The summed E-state index contributed by atoms with van der Waals surface area (Å²) in [6.07, 6.45) is 1.41. The van der Waals surface area contributed by atoms with Crippen LogP contribution >= 0.6 is 0 Å². The Bertz CT molecular complexity index is 984. The summed E-state index contributed by atoms with van der Waals surface area (Å²) < 4.78 is 15.8. The van der Waals surface area contributed by atoms with Crippen LogP contribution in [0.4, 0.5) is 5.69 Å². The van der Waals surface area contributed by atoms with E-state index in [2.05, 4.69) is 5.32 Å². The molecule has 0 radical (unpaired) electrons. The third kappa shape index (κ3) is 4.57. The molecule has 0 unspecified atom stereocenters. The minimum absolute atomic E-state index is 0.135. The number of nitrogens with zero attached hydrogens (tertiary/aromatic N) is 1. The fraction of sp³-hybridized carbons (Fsp3) is 0.182. The lowest BCUT2D eigenvalue weighted by Crippen LogP contribution is -2.27. The van der Waals surface area contributed by atoms with Crippen LogP contribution in [0.1, 0.15) is 26.5 Å². The molecule has 7 heteroatoms. The molecule has 1 aromatic heterocycles. The molecule has 2 amide bonds. The van der Waals surface area contributed by atoms with Gasteiger partial charge in [-0.15, -0.1) is 0 Å². The lowest BCUT2D eigenvalue weighted by molar-refractivity contribution is 0.0785. The molecule has 1 heterocycles. The molecule has 0 spiro atoms. The van der Waals surface area contributed by atoms with Gasteiger partial charge in [-0.25, -0.2) is 0 Å². The third-order valence-corrected chi connectivity index (χ3v) is 4.36. The van der Waals surface area contributed by atoms with Crippen molar-refractivity contribution >= 4 is 17.5 Å². The number of amides is 2. The van der Waals surface area contributed by atoms with Gasteiger partial charge in [0.25, 0.3) is 11.8 Å². The fourth-order valence-electron chi connectivity index (χ4n) is 2.89. The first-order chi connectivity index (χ1) is 14.0. The van der Waals surface area contributed by atoms with E-state index in [0.717, 1.165) is 5.56 Å². The summed E-state index contributed by atoms with van der Waals surface area (Å²) in [6, 6.07) is 15.9. The molecule has 0 atom stereocenters. The molecule has 0 aliphatic rings. The van der Waals surface area contributed by atoms with Gasteiger partial charge in [-0.05, 0) is 23.8 Å². The zero-order valence-electron chi connectivity index (χ0n) is 16.5. The maximum Gasteiger partial charge on any atom is 0.291 e. The Morgan fingerprint density at radius 2 is 1.69 bits per heavy atom. The Morgan fingerprint density at radius 3 is 2.31 bits per heavy atom. The summed E-state index contributed by atoms with van der Waals surface area (Å²) in [5.41, 5.74) is 1.57. The van der Waals surface area contributed by atoms with Crippen molar-refractivity contribution in [3.63, 3.8) is 0 Å². The molecular formula is C22H22N2O5. The predicted octanol–water partition coefficient (Wildman–Crippen LogP) is 3.82. The van der Waals surface area contributed by atoms with E-state index in [4.69, 9.17) is 13.9 Å². The van der Waals surface area contributed by atoms with E-state index in [0.29, 0.717) is 23.7 Å². The summed E-state index contributed by atoms with van der Waals surface area (Å²) in [6.45, 7) is 0.416. The number of ether oxygens (including phenoxy) is 2. The summed E-state index contributed by atoms with van der Waals surface area (Å²) in [7, 11) is 4.67. The first-order valence-corrected chi connectivity index (χ1v) is 8.93. The average molecular weight is 394 g/mol. The second-order valence-electron chi connectivity index (χ2n) is 6.33. The number of carbonyl (C=O) groups is 2. The Hall–Kier alpha value is -3.74. The third-order valence-electron chi connectivity index (χ3n) is 4.36. The van der Waals surface area contributed by atoms with Gasteiger partial charge in [-0.1, -0.05) is 30.3 Å². The highest BCUT2D eigenvalue weighted by atomic mass is 16.5. The fourth-order valence-corrected chi connectivity index (χ4v) is 2.89. The van der Waals surface area contributed by atoms with Gasteiger partial charge in [-0.2, -0.15) is 0 Å². The van der Waals surface area contributed by atoms with E-state index in [1.165, 1.54) is 20.5 Å². The number of nitrogens with one attached hydrogen (secondary N) is 1. The lowest BCUT2D eigenvalue weighted by atomic mass is 10.1. The molecular weight excluding hydrogens is 372 g/mol. The molecule has 2 aromatic carbocycles. The van der Waals surface area contributed by atoms with Crippen LogP contribution in [-0.4, -0.2) is 38.0 Å². The number of benzene rings is 2. The molecule has 1 N–H and O–H groups in total. The molecule has 0 aliphatic carbocycles. The van der Waals surface area contributed by atoms with Crippen LogP contribution in [0.2, 0.25) is 0 Å². The van der Waals surface area contributed by atoms with Crippen LogP contribution in [0.25, 0.3) is 0 Å². The summed E-state index contributed by atoms with van der Waals surface area (Å²) in [4.78, 5) is 27.2. The van der Waals surface area contributed by atoms with Crippen molar-refractivity contribution in [3.05, 3.63) is 77.7 Å². The van der Waals surface area contributed by atoms with Gasteiger partial charge in [-0.3, -0.25) is 9.59 Å². The van der Waals surface area contributed by atoms with Gasteiger partial charge in [0.15, 0.2) is 17.3 Å². The van der Waals surface area contributed by atoms with Crippen molar-refractivity contribution in [1.29, 1.82) is 0 Å². The minimum Gasteiger partial charge on any atom is -0.493 e. The molecule has 0 bridgehead atoms. The number of hydrogen-bond donors (Lipinski definition) is 1. The lowest BCUT2D eigenvalue weighted by Gasteiger charge is -2.21. The van der Waals surface area contributed by atoms with Crippen molar-refractivity contribution in [2.45, 2.75) is 6.54 Å². The molecule has 0 aliphatic heterocycles. The first kappa shape index (κ1) is 20.0. The average Bonchev–Trinajstić information content (AvgIpc) is 3.28. The highest BCUT2D eigenvalue weighted by molar-refractivity contribution is 6.08. The second kappa shape index (κ2) is 8.97. The van der Waals surface area contributed by atoms with E-state index in [1.807, 2.05) is 30.3 Å². The van der Waals surface area contributed by atoms with Crippen LogP contribution in [0, 0.1) is 0 Å². The summed E-state index contributed by atoms with van der Waals surface area (Å²) in [5.74, 6) is 0.173. The van der Waals surface area contributed by atoms with Crippen molar-refractivity contribution in [2.75, 3.05) is 26.6 Å². The minimum atomic E-state index is -0.470. The van der Waals surface area contributed by atoms with Gasteiger partial charge in [0.1, 0.15) is 0 Å². The molecule has 0 saturated heterocycles. The normalized spacial score (nSPS) is 10.3. The molecule has 3 rings (SSSR count). The number of furan rings is 1. The van der Waals surface area contributed by atoms with E-state index < -0.39 is 5.91 Å². The summed E-state index contributed by atoms with van der Waals surface area (Å²) >= 11 is 0. The number of methoxy groups -OCH3 is 2. The zero-order chi connectivity index (χ0) is 20.8. The maximum absolute atomic E-state index is 13.2. The Balaban J connectivity index is 1.94. The van der Waals surface area contributed by atoms with Crippen LogP contribution < -0.4 is 14.8 Å². The predicted molar refractivity (Wildman–Crippen MR) is 108 cm³/mol. The standard InChI is InChI=1S/C22H22N2O5/c1-24(14-15-8-5-4-6-9-15)22(26)16-12-19(27-2)20(28-3)13-17(16)23-21(25)18-10-7-11-29-18/h4-13H,14H2,1-3H3,(H,23,25). The molecule has 3 aromatic rings. The molecule has 29 heavy (non-hydrogen) atoms.